The highest BCUT2D eigenvalue weighted by atomic mass is 14.3. The molecule has 14 heavy (non-hydrogen) atoms. The molecule has 0 heteroatoms. The van der Waals surface area contributed by atoms with Crippen LogP contribution in [-0.2, 0) is 0 Å². The molecular formula is C14H26. The molecule has 0 heterocycles. The number of rotatable bonds is 2. The molecule has 0 radical (unpaired) electrons. The van der Waals surface area contributed by atoms with Crippen LogP contribution in [0.5, 0.6) is 0 Å². The van der Waals surface area contributed by atoms with Crippen molar-refractivity contribution in [2.75, 3.05) is 0 Å². The molecule has 0 aliphatic heterocycles. The van der Waals surface area contributed by atoms with Crippen molar-refractivity contribution in [2.45, 2.75) is 71.1 Å². The van der Waals surface area contributed by atoms with E-state index < -0.39 is 0 Å². The maximum atomic E-state index is 2.45. The molecule has 2 saturated carbocycles. The quantitative estimate of drug-likeness (QED) is 0.593. The maximum absolute atomic E-state index is 2.45. The van der Waals surface area contributed by atoms with Crippen LogP contribution < -0.4 is 0 Å². The van der Waals surface area contributed by atoms with Gasteiger partial charge in [-0.15, -0.1) is 0 Å². The smallest absolute Gasteiger partial charge is 0.0409 e. The van der Waals surface area contributed by atoms with Gasteiger partial charge in [0.05, 0.1) is 0 Å². The second-order valence-electron chi connectivity index (χ2n) is 5.88. The van der Waals surface area contributed by atoms with Gasteiger partial charge in [0.15, 0.2) is 0 Å². The minimum Gasteiger partial charge on any atom is -0.0625 e. The largest absolute Gasteiger partial charge is 0.0625 e. The zero-order valence-corrected chi connectivity index (χ0v) is 9.80. The highest BCUT2D eigenvalue weighted by Crippen LogP contribution is 2.36. The zero-order valence-electron chi connectivity index (χ0n) is 9.80. The van der Waals surface area contributed by atoms with Gasteiger partial charge in [0.1, 0.15) is 0 Å². The minimum atomic E-state index is 1.03. The van der Waals surface area contributed by atoms with Crippen LogP contribution in [-0.4, -0.2) is 0 Å². The molecule has 0 spiro atoms. The van der Waals surface area contributed by atoms with Crippen LogP contribution in [0.3, 0.4) is 0 Å². The van der Waals surface area contributed by atoms with Crippen molar-refractivity contribution in [3.63, 3.8) is 0 Å². The Bertz CT molecular complexity index is 155. The average molecular weight is 194 g/mol. The van der Waals surface area contributed by atoms with Crippen LogP contribution in [0, 0.1) is 17.8 Å². The Balaban J connectivity index is 1.72. The third-order valence-corrected chi connectivity index (χ3v) is 4.44. The topological polar surface area (TPSA) is 0 Å². The molecule has 0 bridgehead atoms. The van der Waals surface area contributed by atoms with E-state index in [1.807, 2.05) is 0 Å². The molecular weight excluding hydrogens is 168 g/mol. The Hall–Kier alpha value is 0. The molecule has 2 rings (SSSR count). The SMILES string of the molecule is CC1CCCC(CC2CCCCC2)C1. The van der Waals surface area contributed by atoms with Crippen molar-refractivity contribution in [1.82, 2.24) is 0 Å². The number of hydrogen-bond acceptors (Lipinski definition) is 0. The molecule has 2 unspecified atom stereocenters. The molecule has 0 saturated heterocycles. The minimum absolute atomic E-state index is 1.03. The molecule has 0 N–H and O–H groups in total. The van der Waals surface area contributed by atoms with Gasteiger partial charge >= 0.3 is 0 Å². The van der Waals surface area contributed by atoms with E-state index in [1.165, 1.54) is 38.5 Å². The summed E-state index contributed by atoms with van der Waals surface area (Å²) in [6, 6.07) is 0. The lowest BCUT2D eigenvalue weighted by molar-refractivity contribution is 0.212. The van der Waals surface area contributed by atoms with E-state index in [-0.39, 0.29) is 0 Å². The summed E-state index contributed by atoms with van der Waals surface area (Å²) >= 11 is 0. The fraction of sp³-hybridized carbons (Fsp3) is 1.00. The molecule has 2 fully saturated rings. The lowest BCUT2D eigenvalue weighted by Gasteiger charge is -2.31. The highest BCUT2D eigenvalue weighted by Gasteiger charge is 2.23. The summed E-state index contributed by atoms with van der Waals surface area (Å²) < 4.78 is 0. The Kier molecular flexibility index (Phi) is 3.89. The van der Waals surface area contributed by atoms with Crippen molar-refractivity contribution in [3.8, 4) is 0 Å². The summed E-state index contributed by atoms with van der Waals surface area (Å²) in [5.41, 5.74) is 0. The van der Waals surface area contributed by atoms with E-state index in [0.717, 1.165) is 17.8 Å². The third-order valence-electron chi connectivity index (χ3n) is 4.44. The van der Waals surface area contributed by atoms with Gasteiger partial charge in [-0.3, -0.25) is 0 Å². The van der Waals surface area contributed by atoms with E-state index >= 15 is 0 Å². The molecule has 0 nitrogen and oxygen atoms in total. The fourth-order valence-corrected chi connectivity index (χ4v) is 3.67. The molecule has 2 aliphatic rings. The zero-order chi connectivity index (χ0) is 9.80. The van der Waals surface area contributed by atoms with Gasteiger partial charge < -0.3 is 0 Å². The van der Waals surface area contributed by atoms with Gasteiger partial charge in [-0.25, -0.2) is 0 Å². The first-order valence-corrected chi connectivity index (χ1v) is 6.84. The van der Waals surface area contributed by atoms with E-state index in [1.54, 1.807) is 25.7 Å². The lowest BCUT2D eigenvalue weighted by atomic mass is 9.75. The molecule has 2 atom stereocenters. The van der Waals surface area contributed by atoms with Crippen LogP contribution in [0.1, 0.15) is 71.1 Å². The normalized spacial score (nSPS) is 35.8. The average Bonchev–Trinajstić information content (AvgIpc) is 2.19. The van der Waals surface area contributed by atoms with Gasteiger partial charge in [-0.1, -0.05) is 58.3 Å². The molecule has 2 aliphatic carbocycles. The van der Waals surface area contributed by atoms with Gasteiger partial charge in [0.2, 0.25) is 0 Å². The Morgan fingerprint density at radius 3 is 2.21 bits per heavy atom. The maximum Gasteiger partial charge on any atom is -0.0409 e. The third kappa shape index (κ3) is 3.00. The van der Waals surface area contributed by atoms with Crippen molar-refractivity contribution >= 4 is 0 Å². The van der Waals surface area contributed by atoms with Gasteiger partial charge in [-0.2, -0.15) is 0 Å². The van der Waals surface area contributed by atoms with Crippen LogP contribution in [0.2, 0.25) is 0 Å². The van der Waals surface area contributed by atoms with Gasteiger partial charge in [0, 0.05) is 0 Å². The van der Waals surface area contributed by atoms with Crippen molar-refractivity contribution in [2.24, 2.45) is 17.8 Å². The monoisotopic (exact) mass is 194 g/mol. The second kappa shape index (κ2) is 5.19. The first-order valence-electron chi connectivity index (χ1n) is 6.84. The van der Waals surface area contributed by atoms with Crippen molar-refractivity contribution in [3.05, 3.63) is 0 Å². The molecule has 0 amide bonds. The fourth-order valence-electron chi connectivity index (χ4n) is 3.67. The van der Waals surface area contributed by atoms with Crippen LogP contribution in [0.25, 0.3) is 0 Å². The summed E-state index contributed by atoms with van der Waals surface area (Å²) in [5.74, 6) is 3.23. The summed E-state index contributed by atoms with van der Waals surface area (Å²) in [6.45, 7) is 2.45. The molecule has 0 aromatic heterocycles. The second-order valence-corrected chi connectivity index (χ2v) is 5.88. The lowest BCUT2D eigenvalue weighted by Crippen LogP contribution is -2.18. The predicted molar refractivity (Wildman–Crippen MR) is 62.3 cm³/mol. The summed E-state index contributed by atoms with van der Waals surface area (Å²) in [4.78, 5) is 0. The summed E-state index contributed by atoms with van der Waals surface area (Å²) in [7, 11) is 0. The Morgan fingerprint density at radius 2 is 1.50 bits per heavy atom. The Labute approximate surface area is 89.5 Å². The van der Waals surface area contributed by atoms with E-state index in [4.69, 9.17) is 0 Å². The first-order chi connectivity index (χ1) is 6.84. The van der Waals surface area contributed by atoms with Crippen molar-refractivity contribution < 1.29 is 0 Å². The Morgan fingerprint density at radius 1 is 0.786 bits per heavy atom. The number of hydrogen-bond donors (Lipinski definition) is 0. The van der Waals surface area contributed by atoms with Gasteiger partial charge in [0.25, 0.3) is 0 Å². The van der Waals surface area contributed by atoms with Crippen LogP contribution in [0.15, 0.2) is 0 Å². The predicted octanol–water partition coefficient (Wildman–Crippen LogP) is 4.78. The first kappa shape index (κ1) is 10.5. The van der Waals surface area contributed by atoms with E-state index in [0.29, 0.717) is 0 Å². The molecule has 0 aromatic carbocycles. The van der Waals surface area contributed by atoms with E-state index in [2.05, 4.69) is 6.92 Å². The van der Waals surface area contributed by atoms with Crippen LogP contribution >= 0.6 is 0 Å². The van der Waals surface area contributed by atoms with Gasteiger partial charge in [-0.05, 0) is 30.6 Å². The van der Waals surface area contributed by atoms with E-state index in [9.17, 15) is 0 Å². The highest BCUT2D eigenvalue weighted by molar-refractivity contribution is 4.75. The molecule has 0 aromatic rings. The van der Waals surface area contributed by atoms with Crippen molar-refractivity contribution in [1.29, 1.82) is 0 Å². The summed E-state index contributed by atoms with van der Waals surface area (Å²) in [6.07, 6.45) is 15.3. The van der Waals surface area contributed by atoms with Crippen LogP contribution in [0.4, 0.5) is 0 Å². The molecule has 82 valence electrons. The standard InChI is InChI=1S/C14H26/c1-12-6-5-9-14(10-12)11-13-7-3-2-4-8-13/h12-14H,2-11H2,1H3. The summed E-state index contributed by atoms with van der Waals surface area (Å²) in [5, 5.41) is 0.